The van der Waals surface area contributed by atoms with E-state index < -0.39 is 0 Å². The molecule has 1 N–H and O–H groups in total. The van der Waals surface area contributed by atoms with Gasteiger partial charge in [0.1, 0.15) is 5.76 Å². The molecule has 148 valence electrons. The van der Waals surface area contributed by atoms with Gasteiger partial charge in [-0.1, -0.05) is 54.2 Å². The van der Waals surface area contributed by atoms with Crippen LogP contribution in [0.15, 0.2) is 46.1 Å². The predicted octanol–water partition coefficient (Wildman–Crippen LogP) is 3.40. The van der Waals surface area contributed by atoms with Crippen molar-refractivity contribution in [1.82, 2.24) is 19.9 Å². The molecule has 0 fully saturated rings. The fourth-order valence-corrected chi connectivity index (χ4v) is 3.62. The van der Waals surface area contributed by atoms with E-state index in [2.05, 4.69) is 20.7 Å². The minimum absolute atomic E-state index is 0.150. The summed E-state index contributed by atoms with van der Waals surface area (Å²) >= 11 is 1.38. The molecule has 0 aliphatic rings. The number of hydrogen-bond donors (Lipinski definition) is 1. The number of carbonyl (C=O) groups is 1. The summed E-state index contributed by atoms with van der Waals surface area (Å²) in [6, 6.07) is 11.5. The van der Waals surface area contributed by atoms with Gasteiger partial charge in [-0.05, 0) is 13.3 Å². The van der Waals surface area contributed by atoms with E-state index in [-0.39, 0.29) is 11.2 Å². The van der Waals surface area contributed by atoms with E-state index in [9.17, 15) is 4.79 Å². The van der Waals surface area contributed by atoms with Gasteiger partial charge in [-0.25, -0.2) is 0 Å². The van der Waals surface area contributed by atoms with Crippen molar-refractivity contribution in [1.29, 1.82) is 0 Å². The molecule has 1 aromatic carbocycles. The van der Waals surface area contributed by atoms with Gasteiger partial charge >= 0.3 is 0 Å². The van der Waals surface area contributed by atoms with Crippen LogP contribution in [-0.2, 0) is 16.1 Å². The molecule has 1 atom stereocenters. The number of aromatic nitrogens is 4. The number of nitrogens with one attached hydrogen (secondary N) is 1. The van der Waals surface area contributed by atoms with E-state index in [0.717, 1.165) is 11.4 Å². The molecular formula is C19H23N5O3S. The van der Waals surface area contributed by atoms with E-state index in [1.54, 1.807) is 20.1 Å². The highest BCUT2D eigenvalue weighted by Gasteiger charge is 2.23. The van der Waals surface area contributed by atoms with Gasteiger partial charge in [-0.15, -0.1) is 10.2 Å². The number of anilines is 1. The van der Waals surface area contributed by atoms with Crippen LogP contribution in [-0.4, -0.2) is 44.8 Å². The van der Waals surface area contributed by atoms with Crippen LogP contribution < -0.4 is 5.32 Å². The van der Waals surface area contributed by atoms with Crippen LogP contribution in [0.1, 0.15) is 19.1 Å². The van der Waals surface area contributed by atoms with Gasteiger partial charge in [0.2, 0.25) is 5.91 Å². The monoisotopic (exact) mass is 401 g/mol. The zero-order chi connectivity index (χ0) is 19.9. The number of methoxy groups -OCH3 is 1. The first-order valence-corrected chi connectivity index (χ1v) is 9.88. The standard InChI is InChI=1S/C19H23N5O3S/c1-4-15(18(25)20-16-12-13(2)27-23-16)28-19-22-21-17(24(19)10-11-26-3)14-8-6-5-7-9-14/h5-9,12,15H,4,10-11H2,1-3H3,(H,20,23,25). The minimum atomic E-state index is -0.342. The van der Waals surface area contributed by atoms with Gasteiger partial charge in [-0.2, -0.15) is 0 Å². The van der Waals surface area contributed by atoms with Gasteiger partial charge in [0.05, 0.1) is 18.4 Å². The number of ether oxygens (including phenoxy) is 1. The summed E-state index contributed by atoms with van der Waals surface area (Å²) in [4.78, 5) is 12.7. The first-order valence-electron chi connectivity index (χ1n) is 9.00. The molecule has 1 unspecified atom stereocenters. The first kappa shape index (κ1) is 20.1. The average molecular weight is 401 g/mol. The Balaban J connectivity index is 1.81. The molecule has 3 aromatic rings. The van der Waals surface area contributed by atoms with E-state index in [0.29, 0.717) is 36.3 Å². The molecule has 0 bridgehead atoms. The highest BCUT2D eigenvalue weighted by molar-refractivity contribution is 8.00. The fraction of sp³-hybridized carbons (Fsp3) is 0.368. The van der Waals surface area contributed by atoms with Crippen molar-refractivity contribution < 1.29 is 14.1 Å². The summed E-state index contributed by atoms with van der Waals surface area (Å²) in [5.74, 6) is 1.65. The molecule has 1 amide bonds. The Morgan fingerprint density at radius 2 is 2.11 bits per heavy atom. The third kappa shape index (κ3) is 4.79. The minimum Gasteiger partial charge on any atom is -0.383 e. The number of amides is 1. The summed E-state index contributed by atoms with van der Waals surface area (Å²) in [5.41, 5.74) is 0.966. The third-order valence-corrected chi connectivity index (χ3v) is 5.40. The Bertz CT molecular complexity index is 909. The first-order chi connectivity index (χ1) is 13.6. The highest BCUT2D eigenvalue weighted by Crippen LogP contribution is 2.29. The maximum absolute atomic E-state index is 12.7. The molecule has 0 aliphatic carbocycles. The summed E-state index contributed by atoms with van der Waals surface area (Å²) < 4.78 is 12.2. The fourth-order valence-electron chi connectivity index (χ4n) is 2.64. The van der Waals surface area contributed by atoms with E-state index in [4.69, 9.17) is 9.26 Å². The number of thioether (sulfide) groups is 1. The van der Waals surface area contributed by atoms with Crippen LogP contribution in [0.2, 0.25) is 0 Å². The summed E-state index contributed by atoms with van der Waals surface area (Å²) in [6.45, 7) is 4.85. The lowest BCUT2D eigenvalue weighted by atomic mass is 10.2. The van der Waals surface area contributed by atoms with Gasteiger partial charge in [-0.3, -0.25) is 9.36 Å². The van der Waals surface area contributed by atoms with Crippen molar-refractivity contribution in [2.75, 3.05) is 19.0 Å². The van der Waals surface area contributed by atoms with Crippen LogP contribution in [0, 0.1) is 6.92 Å². The number of hydrogen-bond acceptors (Lipinski definition) is 7. The maximum atomic E-state index is 12.7. The lowest BCUT2D eigenvalue weighted by molar-refractivity contribution is -0.115. The van der Waals surface area contributed by atoms with Crippen LogP contribution in [0.4, 0.5) is 5.82 Å². The van der Waals surface area contributed by atoms with E-state index in [1.165, 1.54) is 11.8 Å². The zero-order valence-electron chi connectivity index (χ0n) is 16.1. The maximum Gasteiger partial charge on any atom is 0.239 e. The molecule has 3 rings (SSSR count). The molecule has 0 radical (unpaired) electrons. The van der Waals surface area contributed by atoms with Gasteiger partial charge in [0.25, 0.3) is 0 Å². The van der Waals surface area contributed by atoms with E-state index in [1.807, 2.05) is 41.8 Å². The second-order valence-corrected chi connectivity index (χ2v) is 7.31. The normalized spacial score (nSPS) is 12.1. The van der Waals surface area contributed by atoms with Crippen molar-refractivity contribution in [2.45, 2.75) is 37.2 Å². The molecular weight excluding hydrogens is 378 g/mol. The average Bonchev–Trinajstić information content (AvgIpc) is 3.30. The molecule has 0 spiro atoms. The quantitative estimate of drug-likeness (QED) is 0.549. The van der Waals surface area contributed by atoms with Crippen molar-refractivity contribution >= 4 is 23.5 Å². The molecule has 0 saturated heterocycles. The Morgan fingerprint density at radius 3 is 2.75 bits per heavy atom. The number of aryl methyl sites for hydroxylation is 1. The van der Waals surface area contributed by atoms with Gasteiger partial charge in [0.15, 0.2) is 16.8 Å². The van der Waals surface area contributed by atoms with Crippen molar-refractivity contribution in [3.63, 3.8) is 0 Å². The molecule has 2 aromatic heterocycles. The largest absolute Gasteiger partial charge is 0.383 e. The number of nitrogens with zero attached hydrogens (tertiary/aromatic N) is 4. The predicted molar refractivity (Wildman–Crippen MR) is 107 cm³/mol. The van der Waals surface area contributed by atoms with E-state index >= 15 is 0 Å². The zero-order valence-corrected chi connectivity index (χ0v) is 16.9. The molecule has 28 heavy (non-hydrogen) atoms. The Morgan fingerprint density at radius 1 is 1.32 bits per heavy atom. The molecule has 2 heterocycles. The molecule has 9 heteroatoms. The SMILES string of the molecule is CCC(Sc1nnc(-c2ccccc2)n1CCOC)C(=O)Nc1cc(C)on1. The van der Waals surface area contributed by atoms with Crippen molar-refractivity contribution in [3.05, 3.63) is 42.2 Å². The third-order valence-electron chi connectivity index (χ3n) is 4.06. The highest BCUT2D eigenvalue weighted by atomic mass is 32.2. The van der Waals surface area contributed by atoms with Crippen LogP contribution >= 0.6 is 11.8 Å². The van der Waals surface area contributed by atoms with Crippen LogP contribution in [0.5, 0.6) is 0 Å². The lowest BCUT2D eigenvalue weighted by Gasteiger charge is -2.14. The number of rotatable bonds is 9. The second kappa shape index (κ2) is 9.52. The second-order valence-electron chi connectivity index (χ2n) is 6.14. The lowest BCUT2D eigenvalue weighted by Crippen LogP contribution is -2.25. The summed E-state index contributed by atoms with van der Waals surface area (Å²) in [7, 11) is 1.65. The summed E-state index contributed by atoms with van der Waals surface area (Å²) in [6.07, 6.45) is 0.630. The van der Waals surface area contributed by atoms with Crippen molar-refractivity contribution in [3.8, 4) is 11.4 Å². The van der Waals surface area contributed by atoms with Gasteiger partial charge < -0.3 is 14.6 Å². The topological polar surface area (TPSA) is 95.1 Å². The van der Waals surface area contributed by atoms with Crippen LogP contribution in [0.3, 0.4) is 0 Å². The number of carbonyl (C=O) groups excluding carboxylic acids is 1. The van der Waals surface area contributed by atoms with Gasteiger partial charge in [0, 0.05) is 18.7 Å². The summed E-state index contributed by atoms with van der Waals surface area (Å²) in [5, 5.41) is 15.6. The Labute approximate surface area is 167 Å². The Kier molecular flexibility index (Phi) is 6.83. The van der Waals surface area contributed by atoms with Crippen LogP contribution in [0.25, 0.3) is 11.4 Å². The Hall–Kier alpha value is -2.65. The smallest absolute Gasteiger partial charge is 0.239 e. The molecule has 8 nitrogen and oxygen atoms in total. The molecule has 0 saturated carbocycles. The molecule has 0 aliphatic heterocycles. The number of benzene rings is 1. The van der Waals surface area contributed by atoms with Crippen molar-refractivity contribution in [2.24, 2.45) is 0 Å².